The SMILES string of the molecule is C[C@H]1C[C@@H]1C(=O)OCC(=O)NN1C(=O)NC2(CCCCC2)C1=O. The van der Waals surface area contributed by atoms with E-state index in [4.69, 9.17) is 4.74 Å². The van der Waals surface area contributed by atoms with Gasteiger partial charge in [-0.3, -0.25) is 19.8 Å². The second-order valence-corrected chi connectivity index (χ2v) is 6.68. The minimum absolute atomic E-state index is 0.134. The first-order valence-corrected chi connectivity index (χ1v) is 8.06. The molecule has 23 heavy (non-hydrogen) atoms. The predicted octanol–water partition coefficient (Wildman–Crippen LogP) is 0.471. The van der Waals surface area contributed by atoms with E-state index in [-0.39, 0.29) is 5.92 Å². The van der Waals surface area contributed by atoms with Crippen LogP contribution in [0.1, 0.15) is 45.4 Å². The van der Waals surface area contributed by atoms with Crippen LogP contribution in [0.4, 0.5) is 4.79 Å². The molecule has 2 saturated carbocycles. The summed E-state index contributed by atoms with van der Waals surface area (Å²) in [4.78, 5) is 47.8. The molecule has 1 saturated heterocycles. The van der Waals surface area contributed by atoms with Gasteiger partial charge in [-0.2, -0.15) is 5.01 Å². The van der Waals surface area contributed by atoms with Crippen LogP contribution in [0.15, 0.2) is 0 Å². The van der Waals surface area contributed by atoms with Crippen molar-refractivity contribution in [3.05, 3.63) is 0 Å². The summed E-state index contributed by atoms with van der Waals surface area (Å²) in [6.45, 7) is 1.44. The number of nitrogens with one attached hydrogen (secondary N) is 2. The molecule has 1 aliphatic heterocycles. The zero-order valence-electron chi connectivity index (χ0n) is 13.1. The molecular weight excluding hydrogens is 302 g/mol. The Bertz CT molecular complexity index is 555. The van der Waals surface area contributed by atoms with Gasteiger partial charge in [0, 0.05) is 0 Å². The Morgan fingerprint density at radius 1 is 1.30 bits per heavy atom. The molecule has 2 N–H and O–H groups in total. The van der Waals surface area contributed by atoms with Crippen LogP contribution in [-0.2, 0) is 19.1 Å². The molecule has 1 heterocycles. The van der Waals surface area contributed by atoms with E-state index >= 15 is 0 Å². The molecule has 8 heteroatoms. The minimum atomic E-state index is -0.886. The van der Waals surface area contributed by atoms with Crippen molar-refractivity contribution in [2.24, 2.45) is 11.8 Å². The maximum Gasteiger partial charge on any atom is 0.344 e. The van der Waals surface area contributed by atoms with Gasteiger partial charge in [-0.15, -0.1) is 0 Å². The average molecular weight is 323 g/mol. The van der Waals surface area contributed by atoms with E-state index in [1.807, 2.05) is 6.92 Å². The minimum Gasteiger partial charge on any atom is -0.455 e. The third-order valence-corrected chi connectivity index (χ3v) is 4.86. The van der Waals surface area contributed by atoms with Crippen LogP contribution in [0.3, 0.4) is 0 Å². The van der Waals surface area contributed by atoms with E-state index in [0.717, 1.165) is 25.7 Å². The monoisotopic (exact) mass is 323 g/mol. The number of urea groups is 1. The summed E-state index contributed by atoms with van der Waals surface area (Å²) in [5.41, 5.74) is 1.35. The van der Waals surface area contributed by atoms with Crippen molar-refractivity contribution in [1.29, 1.82) is 0 Å². The van der Waals surface area contributed by atoms with Gasteiger partial charge in [0.25, 0.3) is 11.8 Å². The van der Waals surface area contributed by atoms with Crippen LogP contribution >= 0.6 is 0 Å². The maximum atomic E-state index is 12.4. The summed E-state index contributed by atoms with van der Waals surface area (Å²) in [5.74, 6) is -1.37. The fourth-order valence-electron chi connectivity index (χ4n) is 3.27. The topological polar surface area (TPSA) is 105 Å². The van der Waals surface area contributed by atoms with Crippen molar-refractivity contribution in [2.45, 2.75) is 51.0 Å². The van der Waals surface area contributed by atoms with Crippen LogP contribution in [0.5, 0.6) is 0 Å². The van der Waals surface area contributed by atoms with Crippen molar-refractivity contribution >= 4 is 23.8 Å². The molecule has 3 aliphatic rings. The van der Waals surface area contributed by atoms with Crippen LogP contribution in [0.25, 0.3) is 0 Å². The Balaban J connectivity index is 1.52. The third kappa shape index (κ3) is 3.02. The first-order valence-electron chi connectivity index (χ1n) is 8.06. The lowest BCUT2D eigenvalue weighted by molar-refractivity contribution is -0.152. The molecule has 0 bridgehead atoms. The number of esters is 1. The number of hydrazine groups is 1. The fourth-order valence-corrected chi connectivity index (χ4v) is 3.27. The Hall–Kier alpha value is -2.12. The molecule has 3 fully saturated rings. The van der Waals surface area contributed by atoms with Crippen molar-refractivity contribution in [2.75, 3.05) is 6.61 Å². The molecule has 4 amide bonds. The number of carbonyl (C=O) groups is 4. The molecule has 0 aromatic carbocycles. The Kier molecular flexibility index (Phi) is 3.99. The van der Waals surface area contributed by atoms with Gasteiger partial charge in [-0.05, 0) is 25.2 Å². The lowest BCUT2D eigenvalue weighted by atomic mass is 9.82. The van der Waals surface area contributed by atoms with E-state index in [0.29, 0.717) is 23.8 Å². The number of amides is 4. The second-order valence-electron chi connectivity index (χ2n) is 6.68. The number of rotatable bonds is 4. The molecule has 0 radical (unpaired) electrons. The number of nitrogens with zero attached hydrogens (tertiary/aromatic N) is 1. The zero-order valence-corrected chi connectivity index (χ0v) is 13.1. The Morgan fingerprint density at radius 2 is 1.96 bits per heavy atom. The number of hydrogen-bond donors (Lipinski definition) is 2. The van der Waals surface area contributed by atoms with Crippen LogP contribution in [-0.4, -0.2) is 41.0 Å². The zero-order chi connectivity index (χ0) is 16.6. The van der Waals surface area contributed by atoms with Gasteiger partial charge in [0.1, 0.15) is 5.54 Å². The van der Waals surface area contributed by atoms with Gasteiger partial charge < -0.3 is 10.1 Å². The van der Waals surface area contributed by atoms with E-state index in [9.17, 15) is 19.2 Å². The van der Waals surface area contributed by atoms with Crippen molar-refractivity contribution in [1.82, 2.24) is 15.8 Å². The molecule has 2 atom stereocenters. The van der Waals surface area contributed by atoms with Gasteiger partial charge in [0.2, 0.25) is 0 Å². The first kappa shape index (κ1) is 15.8. The summed E-state index contributed by atoms with van der Waals surface area (Å²) < 4.78 is 4.90. The van der Waals surface area contributed by atoms with Gasteiger partial charge in [-0.25, -0.2) is 4.79 Å². The average Bonchev–Trinajstić information content (AvgIpc) is 3.22. The highest BCUT2D eigenvalue weighted by Crippen LogP contribution is 2.38. The van der Waals surface area contributed by atoms with Crippen molar-refractivity contribution in [3.63, 3.8) is 0 Å². The standard InChI is InChI=1S/C15H21N3O5/c1-9-7-10(9)12(20)23-8-11(19)17-18-13(21)15(16-14(18)22)5-3-2-4-6-15/h9-10H,2-8H2,1H3,(H,16,22)(H,17,19)/t9-,10-/m0/s1. The third-order valence-electron chi connectivity index (χ3n) is 4.86. The lowest BCUT2D eigenvalue weighted by Gasteiger charge is -2.30. The van der Waals surface area contributed by atoms with Crippen LogP contribution < -0.4 is 10.7 Å². The molecular formula is C15H21N3O5. The van der Waals surface area contributed by atoms with Gasteiger partial charge in [0.15, 0.2) is 6.61 Å². The highest BCUT2D eigenvalue weighted by Gasteiger charge is 2.52. The van der Waals surface area contributed by atoms with Crippen LogP contribution in [0, 0.1) is 11.8 Å². The number of carbonyl (C=O) groups excluding carboxylic acids is 4. The summed E-state index contributed by atoms with van der Waals surface area (Å²) in [7, 11) is 0. The van der Waals surface area contributed by atoms with Crippen molar-refractivity contribution in [3.8, 4) is 0 Å². The molecule has 0 aromatic rings. The summed E-state index contributed by atoms with van der Waals surface area (Å²) in [6, 6.07) is -0.632. The highest BCUT2D eigenvalue weighted by atomic mass is 16.5. The van der Waals surface area contributed by atoms with E-state index in [2.05, 4.69) is 10.7 Å². The number of imide groups is 1. The van der Waals surface area contributed by atoms with E-state index < -0.39 is 36.0 Å². The summed E-state index contributed by atoms with van der Waals surface area (Å²) in [5, 5.41) is 3.40. The summed E-state index contributed by atoms with van der Waals surface area (Å²) in [6.07, 6.45) is 4.70. The Labute approximate surface area is 133 Å². The van der Waals surface area contributed by atoms with Gasteiger partial charge in [0.05, 0.1) is 5.92 Å². The van der Waals surface area contributed by atoms with E-state index in [1.54, 1.807) is 0 Å². The first-order chi connectivity index (χ1) is 10.9. The molecule has 1 spiro atoms. The number of hydrogen-bond acceptors (Lipinski definition) is 5. The molecule has 2 aliphatic carbocycles. The lowest BCUT2D eigenvalue weighted by Crippen LogP contribution is -2.51. The molecule has 0 unspecified atom stereocenters. The van der Waals surface area contributed by atoms with Gasteiger partial charge in [-0.1, -0.05) is 26.2 Å². The second kappa shape index (κ2) is 5.82. The van der Waals surface area contributed by atoms with Crippen molar-refractivity contribution < 1.29 is 23.9 Å². The highest BCUT2D eigenvalue weighted by molar-refractivity contribution is 6.08. The van der Waals surface area contributed by atoms with Crippen LogP contribution in [0.2, 0.25) is 0 Å². The number of ether oxygens (including phenoxy) is 1. The molecule has 3 rings (SSSR count). The smallest absolute Gasteiger partial charge is 0.344 e. The maximum absolute atomic E-state index is 12.4. The molecule has 8 nitrogen and oxygen atoms in total. The largest absolute Gasteiger partial charge is 0.455 e. The molecule has 126 valence electrons. The van der Waals surface area contributed by atoms with Gasteiger partial charge >= 0.3 is 12.0 Å². The summed E-state index contributed by atoms with van der Waals surface area (Å²) >= 11 is 0. The normalized spacial score (nSPS) is 28.5. The van der Waals surface area contributed by atoms with E-state index in [1.165, 1.54) is 0 Å². The predicted molar refractivity (Wildman–Crippen MR) is 77.6 cm³/mol. The Morgan fingerprint density at radius 3 is 2.57 bits per heavy atom. The fraction of sp³-hybridized carbons (Fsp3) is 0.733. The quantitative estimate of drug-likeness (QED) is 0.578. The molecule has 0 aromatic heterocycles.